The minimum atomic E-state index is -1.03. The largest absolute Gasteiger partial charge is 0.481 e. The number of carboxylic acids is 1. The highest BCUT2D eigenvalue weighted by Gasteiger charge is 2.60. The maximum atomic E-state index is 14.0. The van der Waals surface area contributed by atoms with E-state index in [1.54, 1.807) is 60.7 Å². The monoisotopic (exact) mass is 556 g/mol. The van der Waals surface area contributed by atoms with Gasteiger partial charge < -0.3 is 14.6 Å². The number of ketones is 1. The predicted octanol–water partition coefficient (Wildman–Crippen LogP) is 6.20. The first-order valence-corrected chi connectivity index (χ1v) is 14.3. The van der Waals surface area contributed by atoms with E-state index in [1.165, 1.54) is 6.08 Å². The molecule has 214 valence electrons. The van der Waals surface area contributed by atoms with Crippen LogP contribution in [0.25, 0.3) is 0 Å². The van der Waals surface area contributed by atoms with Crippen molar-refractivity contribution in [3.63, 3.8) is 0 Å². The Morgan fingerprint density at radius 3 is 2.12 bits per heavy atom. The van der Waals surface area contributed by atoms with E-state index in [1.807, 2.05) is 6.92 Å². The number of ether oxygens (including phenoxy) is 2. The Bertz CT molecular complexity index is 1420. The number of esters is 2. The molecule has 0 saturated heterocycles. The highest BCUT2D eigenvalue weighted by atomic mass is 16.6. The molecule has 7 nitrogen and oxygen atoms in total. The number of carbonyl (C=O) groups is 4. The van der Waals surface area contributed by atoms with E-state index in [0.717, 1.165) is 11.1 Å². The molecule has 0 aliphatic heterocycles. The van der Waals surface area contributed by atoms with Gasteiger partial charge >= 0.3 is 17.9 Å². The minimum Gasteiger partial charge on any atom is -0.481 e. The van der Waals surface area contributed by atoms with Gasteiger partial charge in [-0.15, -0.1) is 0 Å². The highest BCUT2D eigenvalue weighted by molar-refractivity contribution is 5.98. The Hall–Kier alpha value is -4.00. The topological polar surface area (TPSA) is 107 Å². The lowest BCUT2D eigenvalue weighted by atomic mass is 9.54. The second kappa shape index (κ2) is 11.1. The van der Waals surface area contributed by atoms with Crippen molar-refractivity contribution >= 4 is 23.7 Å². The summed E-state index contributed by atoms with van der Waals surface area (Å²) in [6, 6.07) is 17.1. The number of carboxylic acid groups (broad SMARTS) is 1. The van der Waals surface area contributed by atoms with Crippen LogP contribution in [-0.4, -0.2) is 41.5 Å². The lowest BCUT2D eigenvalue weighted by molar-refractivity contribution is -0.151. The van der Waals surface area contributed by atoms with Crippen LogP contribution in [0, 0.1) is 22.7 Å². The average molecular weight is 557 g/mol. The first-order valence-electron chi connectivity index (χ1n) is 14.3. The molecule has 0 amide bonds. The van der Waals surface area contributed by atoms with Crippen molar-refractivity contribution in [1.29, 1.82) is 0 Å². The summed E-state index contributed by atoms with van der Waals surface area (Å²) in [6.45, 7) is 5.80. The van der Waals surface area contributed by atoms with Crippen molar-refractivity contribution in [1.82, 2.24) is 0 Å². The van der Waals surface area contributed by atoms with Gasteiger partial charge in [0.2, 0.25) is 0 Å². The Kier molecular flexibility index (Phi) is 7.73. The number of rotatable bonds is 7. The molecule has 0 radical (unpaired) electrons. The van der Waals surface area contributed by atoms with E-state index in [0.29, 0.717) is 42.4 Å². The standard InChI is InChI=1S/C34H36O7/c1-21(2)25-14-15-34(32(38)39)17-16-33(3)26(29(25)34)19-27(41-31(37)23-12-8-5-9-13-23)24(18-28(33)35)20-40-30(36)22-10-6-4-7-11-22/h4-13,18,21,26-27H,14-17,19-20H2,1-3H3,(H,38,39)/t26-,27-,33-,34+/m1/s1. The molecule has 0 aromatic heterocycles. The molecule has 2 aromatic carbocycles. The number of aliphatic carboxylic acids is 1. The summed E-state index contributed by atoms with van der Waals surface area (Å²) >= 11 is 0. The molecule has 0 heterocycles. The number of allylic oxidation sites excluding steroid dienone is 2. The fourth-order valence-electron chi connectivity index (χ4n) is 6.94. The van der Waals surface area contributed by atoms with Gasteiger partial charge in [-0.05, 0) is 79.9 Å². The third-order valence-electron chi connectivity index (χ3n) is 9.36. The van der Waals surface area contributed by atoms with Crippen LogP contribution in [0.5, 0.6) is 0 Å². The van der Waals surface area contributed by atoms with Gasteiger partial charge in [0.05, 0.1) is 16.5 Å². The molecule has 1 fully saturated rings. The molecule has 4 atom stereocenters. The summed E-state index contributed by atoms with van der Waals surface area (Å²) in [6.07, 6.45) is 2.79. The molecule has 41 heavy (non-hydrogen) atoms. The molecule has 0 spiro atoms. The van der Waals surface area contributed by atoms with Crippen LogP contribution in [0.3, 0.4) is 0 Å². The molecule has 1 N–H and O–H groups in total. The SMILES string of the molecule is CC(C)C1=C2[C@H]3C[C@@H](OC(=O)c4ccccc4)C(COC(=O)c4ccccc4)=CC(=O)[C@]3(C)CC[C@@]2(C(=O)O)CC1. The summed E-state index contributed by atoms with van der Waals surface area (Å²) in [4.78, 5) is 52.9. The van der Waals surface area contributed by atoms with Gasteiger partial charge in [-0.1, -0.05) is 62.7 Å². The zero-order chi connectivity index (χ0) is 29.4. The van der Waals surface area contributed by atoms with Crippen LogP contribution < -0.4 is 0 Å². The molecule has 3 aliphatic rings. The second-order valence-electron chi connectivity index (χ2n) is 12.0. The Morgan fingerprint density at radius 2 is 1.54 bits per heavy atom. The van der Waals surface area contributed by atoms with E-state index in [2.05, 4.69) is 13.8 Å². The number of hydrogen-bond acceptors (Lipinski definition) is 6. The molecule has 0 unspecified atom stereocenters. The zero-order valence-electron chi connectivity index (χ0n) is 23.7. The number of fused-ring (bicyclic) bond motifs is 3. The molecule has 7 heteroatoms. The van der Waals surface area contributed by atoms with E-state index in [4.69, 9.17) is 9.47 Å². The molecule has 0 bridgehead atoms. The minimum absolute atomic E-state index is 0.122. The molecular formula is C34H36O7. The van der Waals surface area contributed by atoms with Crippen LogP contribution in [0.1, 0.15) is 73.6 Å². The van der Waals surface area contributed by atoms with Gasteiger partial charge in [-0.2, -0.15) is 0 Å². The van der Waals surface area contributed by atoms with Crippen LogP contribution in [0.4, 0.5) is 0 Å². The molecular weight excluding hydrogens is 520 g/mol. The van der Waals surface area contributed by atoms with Crippen LogP contribution in [0.2, 0.25) is 0 Å². The maximum absolute atomic E-state index is 14.0. The Balaban J connectivity index is 1.55. The molecule has 5 rings (SSSR count). The third-order valence-corrected chi connectivity index (χ3v) is 9.36. The Labute approximate surface area is 240 Å². The fraction of sp³-hybridized carbons (Fsp3) is 0.412. The highest BCUT2D eigenvalue weighted by Crippen LogP contribution is 2.62. The van der Waals surface area contributed by atoms with Crippen molar-refractivity contribution < 1.29 is 33.8 Å². The smallest absolute Gasteiger partial charge is 0.338 e. The normalized spacial score (nSPS) is 27.4. The average Bonchev–Trinajstić information content (AvgIpc) is 3.34. The molecule has 2 aromatic rings. The van der Waals surface area contributed by atoms with Crippen LogP contribution >= 0.6 is 0 Å². The lowest BCUT2D eigenvalue weighted by Crippen LogP contribution is -2.48. The van der Waals surface area contributed by atoms with E-state index in [-0.39, 0.29) is 24.7 Å². The number of carbonyl (C=O) groups excluding carboxylic acids is 3. The van der Waals surface area contributed by atoms with E-state index >= 15 is 0 Å². The van der Waals surface area contributed by atoms with Gasteiger partial charge in [-0.3, -0.25) is 9.59 Å². The maximum Gasteiger partial charge on any atom is 0.338 e. The van der Waals surface area contributed by atoms with Gasteiger partial charge in [0.25, 0.3) is 0 Å². The van der Waals surface area contributed by atoms with Gasteiger partial charge in [0, 0.05) is 11.0 Å². The van der Waals surface area contributed by atoms with Gasteiger partial charge in [-0.25, -0.2) is 9.59 Å². The fourth-order valence-corrected chi connectivity index (χ4v) is 6.94. The predicted molar refractivity (Wildman–Crippen MR) is 152 cm³/mol. The van der Waals surface area contributed by atoms with Crippen molar-refractivity contribution in [3.8, 4) is 0 Å². The Morgan fingerprint density at radius 1 is 0.927 bits per heavy atom. The van der Waals surface area contributed by atoms with Crippen LogP contribution in [-0.2, 0) is 19.1 Å². The van der Waals surface area contributed by atoms with Crippen molar-refractivity contribution in [2.24, 2.45) is 22.7 Å². The first-order chi connectivity index (χ1) is 19.6. The van der Waals surface area contributed by atoms with Gasteiger partial charge in [0.15, 0.2) is 5.78 Å². The number of benzene rings is 2. The van der Waals surface area contributed by atoms with Crippen molar-refractivity contribution in [3.05, 3.63) is 94.6 Å². The number of hydrogen-bond donors (Lipinski definition) is 1. The first kappa shape index (κ1) is 28.5. The van der Waals surface area contributed by atoms with Gasteiger partial charge in [0.1, 0.15) is 12.7 Å². The summed E-state index contributed by atoms with van der Waals surface area (Å²) in [5, 5.41) is 10.5. The summed E-state index contributed by atoms with van der Waals surface area (Å²) in [5.41, 5.74) is 1.14. The van der Waals surface area contributed by atoms with Crippen molar-refractivity contribution in [2.75, 3.05) is 6.61 Å². The van der Waals surface area contributed by atoms with Crippen molar-refractivity contribution in [2.45, 2.75) is 59.0 Å². The zero-order valence-corrected chi connectivity index (χ0v) is 23.7. The summed E-state index contributed by atoms with van der Waals surface area (Å²) in [7, 11) is 0. The van der Waals surface area contributed by atoms with Crippen LogP contribution in [0.15, 0.2) is 83.5 Å². The molecule has 3 aliphatic carbocycles. The lowest BCUT2D eigenvalue weighted by Gasteiger charge is -2.48. The van der Waals surface area contributed by atoms with E-state index in [9.17, 15) is 24.3 Å². The second-order valence-corrected chi connectivity index (χ2v) is 12.0. The quantitative estimate of drug-likeness (QED) is 0.320. The molecule has 1 saturated carbocycles. The van der Waals surface area contributed by atoms with E-state index < -0.39 is 40.8 Å². The third kappa shape index (κ3) is 5.14. The summed E-state index contributed by atoms with van der Waals surface area (Å²) in [5.74, 6) is -2.44. The summed E-state index contributed by atoms with van der Waals surface area (Å²) < 4.78 is 11.7.